The lowest BCUT2D eigenvalue weighted by atomic mass is 10.1. The quantitative estimate of drug-likeness (QED) is 0.115. The van der Waals surface area contributed by atoms with Gasteiger partial charge in [-0.3, -0.25) is 0 Å². The molecule has 0 spiro atoms. The standard InChI is InChI=1S/C30H52Br2N4/c1-3-5-7-9-11-13-15-17-19-21-23-35-27(31)25-33-29(35)30-34-26-28(32)36(30)24-22-20-18-16-14-12-10-8-6-4-2/h25-26H,3-24H2,1-2H3. The number of hydrogen-bond acceptors (Lipinski definition) is 2. The van der Waals surface area contributed by atoms with Gasteiger partial charge in [0.1, 0.15) is 9.21 Å². The zero-order valence-corrected chi connectivity index (χ0v) is 26.4. The minimum absolute atomic E-state index is 0.982. The van der Waals surface area contributed by atoms with Crippen LogP contribution in [0.2, 0.25) is 0 Å². The van der Waals surface area contributed by atoms with E-state index >= 15 is 0 Å². The van der Waals surface area contributed by atoms with Crippen LogP contribution >= 0.6 is 31.9 Å². The van der Waals surface area contributed by atoms with Crippen molar-refractivity contribution in [3.8, 4) is 11.6 Å². The number of aromatic nitrogens is 4. The second kappa shape index (κ2) is 20.4. The lowest BCUT2D eigenvalue weighted by Crippen LogP contribution is -2.07. The Bertz CT molecular complexity index is 733. The van der Waals surface area contributed by atoms with E-state index in [0.717, 1.165) is 33.9 Å². The summed E-state index contributed by atoms with van der Waals surface area (Å²) in [5.74, 6) is 1.96. The first kappa shape index (κ1) is 31.6. The van der Waals surface area contributed by atoms with Crippen LogP contribution in [0.5, 0.6) is 0 Å². The van der Waals surface area contributed by atoms with Gasteiger partial charge in [0.2, 0.25) is 0 Å². The number of nitrogens with zero attached hydrogens (tertiary/aromatic N) is 4. The van der Waals surface area contributed by atoms with Crippen LogP contribution in [0.25, 0.3) is 11.6 Å². The van der Waals surface area contributed by atoms with Crippen LogP contribution in [0.4, 0.5) is 0 Å². The monoisotopic (exact) mass is 626 g/mol. The van der Waals surface area contributed by atoms with E-state index < -0.39 is 0 Å². The highest BCUT2D eigenvalue weighted by Gasteiger charge is 2.17. The van der Waals surface area contributed by atoms with Crippen molar-refractivity contribution >= 4 is 31.9 Å². The van der Waals surface area contributed by atoms with Crippen LogP contribution < -0.4 is 0 Å². The topological polar surface area (TPSA) is 35.6 Å². The molecule has 2 heterocycles. The van der Waals surface area contributed by atoms with Gasteiger partial charge in [-0.05, 0) is 44.7 Å². The van der Waals surface area contributed by atoms with Crippen LogP contribution in [-0.2, 0) is 13.1 Å². The molecule has 0 fully saturated rings. The molecule has 6 heteroatoms. The predicted octanol–water partition coefficient (Wildman–Crippen LogP) is 11.1. The molecule has 2 rings (SSSR count). The number of imidazole rings is 2. The third kappa shape index (κ3) is 12.3. The molecule has 206 valence electrons. The first-order valence-corrected chi connectivity index (χ1v) is 16.7. The van der Waals surface area contributed by atoms with Gasteiger partial charge in [-0.15, -0.1) is 0 Å². The number of unbranched alkanes of at least 4 members (excludes halogenated alkanes) is 18. The van der Waals surface area contributed by atoms with Gasteiger partial charge >= 0.3 is 0 Å². The van der Waals surface area contributed by atoms with Crippen molar-refractivity contribution in [1.82, 2.24) is 19.1 Å². The largest absolute Gasteiger partial charge is 0.316 e. The molecule has 0 aliphatic heterocycles. The molecule has 0 atom stereocenters. The Kier molecular flexibility index (Phi) is 17.9. The molecule has 0 radical (unpaired) electrons. The first-order valence-electron chi connectivity index (χ1n) is 15.1. The number of rotatable bonds is 23. The molecule has 0 unspecified atom stereocenters. The Morgan fingerprint density at radius 1 is 0.472 bits per heavy atom. The number of hydrogen-bond donors (Lipinski definition) is 0. The van der Waals surface area contributed by atoms with Gasteiger partial charge < -0.3 is 9.13 Å². The zero-order valence-electron chi connectivity index (χ0n) is 23.3. The predicted molar refractivity (Wildman–Crippen MR) is 163 cm³/mol. The van der Waals surface area contributed by atoms with E-state index in [0.29, 0.717) is 0 Å². The molecular weight excluding hydrogens is 576 g/mol. The smallest absolute Gasteiger partial charge is 0.177 e. The van der Waals surface area contributed by atoms with Crippen LogP contribution in [0.3, 0.4) is 0 Å². The number of halogens is 2. The summed E-state index contributed by atoms with van der Waals surface area (Å²) < 4.78 is 6.71. The fraction of sp³-hybridized carbons (Fsp3) is 0.800. The molecule has 0 aliphatic carbocycles. The first-order chi connectivity index (χ1) is 17.7. The Morgan fingerprint density at radius 3 is 1.06 bits per heavy atom. The second-order valence-corrected chi connectivity index (χ2v) is 12.1. The Hall–Kier alpha value is -0.620. The van der Waals surface area contributed by atoms with E-state index in [1.165, 1.54) is 128 Å². The van der Waals surface area contributed by atoms with Crippen molar-refractivity contribution in [3.63, 3.8) is 0 Å². The summed E-state index contributed by atoms with van der Waals surface area (Å²) in [6.45, 7) is 6.56. The van der Waals surface area contributed by atoms with Crippen molar-refractivity contribution in [2.45, 2.75) is 155 Å². The Morgan fingerprint density at radius 2 is 0.750 bits per heavy atom. The van der Waals surface area contributed by atoms with Crippen molar-refractivity contribution in [1.29, 1.82) is 0 Å². The summed E-state index contributed by atoms with van der Waals surface area (Å²) in [5, 5.41) is 0. The maximum atomic E-state index is 4.74. The summed E-state index contributed by atoms with van der Waals surface area (Å²) >= 11 is 7.46. The minimum Gasteiger partial charge on any atom is -0.316 e. The van der Waals surface area contributed by atoms with Crippen molar-refractivity contribution in [2.75, 3.05) is 0 Å². The molecule has 0 bridgehead atoms. The molecule has 36 heavy (non-hydrogen) atoms. The lowest BCUT2D eigenvalue weighted by molar-refractivity contribution is 0.527. The fourth-order valence-corrected chi connectivity index (χ4v) is 5.90. The van der Waals surface area contributed by atoms with Gasteiger partial charge in [-0.1, -0.05) is 129 Å². The maximum Gasteiger partial charge on any atom is 0.177 e. The van der Waals surface area contributed by atoms with E-state index in [4.69, 9.17) is 9.97 Å². The van der Waals surface area contributed by atoms with Crippen molar-refractivity contribution < 1.29 is 0 Å². The minimum atomic E-state index is 0.982. The molecule has 0 amide bonds. The van der Waals surface area contributed by atoms with E-state index in [2.05, 4.69) is 54.8 Å². The van der Waals surface area contributed by atoms with Gasteiger partial charge in [-0.25, -0.2) is 9.97 Å². The molecular formula is C30H52Br2N4. The molecule has 0 saturated carbocycles. The molecule has 0 aromatic carbocycles. The summed E-state index contributed by atoms with van der Waals surface area (Å²) in [6.07, 6.45) is 31.0. The van der Waals surface area contributed by atoms with Crippen molar-refractivity contribution in [3.05, 3.63) is 21.6 Å². The lowest BCUT2D eigenvalue weighted by Gasteiger charge is -2.12. The third-order valence-corrected chi connectivity index (χ3v) is 8.55. The molecule has 4 nitrogen and oxygen atoms in total. The van der Waals surface area contributed by atoms with Gasteiger partial charge in [0.15, 0.2) is 11.6 Å². The highest BCUT2D eigenvalue weighted by atomic mass is 79.9. The molecule has 0 aliphatic rings. The SMILES string of the molecule is CCCCCCCCCCCCn1c(Br)cnc1-c1ncc(Br)n1CCCCCCCCCCCC. The van der Waals surface area contributed by atoms with Crippen LogP contribution in [0, 0.1) is 0 Å². The normalized spacial score (nSPS) is 11.6. The summed E-state index contributed by atoms with van der Waals surface area (Å²) in [7, 11) is 0. The average molecular weight is 629 g/mol. The summed E-state index contributed by atoms with van der Waals surface area (Å²) in [6, 6.07) is 0. The van der Waals surface area contributed by atoms with Gasteiger partial charge in [0.25, 0.3) is 0 Å². The van der Waals surface area contributed by atoms with E-state index in [9.17, 15) is 0 Å². The molecule has 2 aromatic heterocycles. The van der Waals surface area contributed by atoms with Crippen LogP contribution in [0.1, 0.15) is 142 Å². The Labute approximate surface area is 238 Å². The van der Waals surface area contributed by atoms with Crippen LogP contribution in [0.15, 0.2) is 21.6 Å². The maximum absolute atomic E-state index is 4.74. The van der Waals surface area contributed by atoms with E-state index in [-0.39, 0.29) is 0 Å². The van der Waals surface area contributed by atoms with E-state index in [1.807, 2.05) is 12.4 Å². The highest BCUT2D eigenvalue weighted by Crippen LogP contribution is 2.27. The summed E-state index contributed by atoms with van der Waals surface area (Å²) in [4.78, 5) is 9.47. The molecule has 2 aromatic rings. The average Bonchev–Trinajstić information content (AvgIpc) is 3.43. The highest BCUT2D eigenvalue weighted by molar-refractivity contribution is 9.10. The van der Waals surface area contributed by atoms with Crippen LogP contribution in [-0.4, -0.2) is 19.1 Å². The molecule has 0 N–H and O–H groups in total. The Balaban J connectivity index is 1.71. The van der Waals surface area contributed by atoms with E-state index in [1.54, 1.807) is 0 Å². The summed E-state index contributed by atoms with van der Waals surface area (Å²) in [5.41, 5.74) is 0. The van der Waals surface area contributed by atoms with Gasteiger partial charge in [0, 0.05) is 13.1 Å². The molecule has 0 saturated heterocycles. The van der Waals surface area contributed by atoms with Crippen molar-refractivity contribution in [2.24, 2.45) is 0 Å². The zero-order chi connectivity index (χ0) is 25.8. The fourth-order valence-electron chi connectivity index (χ4n) is 5.01. The van der Waals surface area contributed by atoms with Gasteiger partial charge in [0.05, 0.1) is 12.4 Å². The third-order valence-electron chi connectivity index (χ3n) is 7.28. The second-order valence-electron chi connectivity index (χ2n) is 10.5. The van der Waals surface area contributed by atoms with Gasteiger partial charge in [-0.2, -0.15) is 0 Å².